The van der Waals surface area contributed by atoms with Crippen LogP contribution in [0.1, 0.15) is 23.7 Å². The van der Waals surface area contributed by atoms with Crippen LogP contribution in [-0.2, 0) is 9.53 Å². The standard InChI is InChI=1S/C14H16ClNO3/c1-9(2)8-12(14(18)19-3)16-13(17)10-4-6-11(15)7-5-10/h4-7,12H,1,8H2,2-3H3,(H,16,17)/t12-/m0/s1. The molecule has 1 rings (SSSR count). The molecule has 102 valence electrons. The number of halogens is 1. The van der Waals surface area contributed by atoms with E-state index in [-0.39, 0.29) is 5.91 Å². The summed E-state index contributed by atoms with van der Waals surface area (Å²) in [6.07, 6.45) is 0.339. The average Bonchev–Trinajstić information content (AvgIpc) is 2.37. The van der Waals surface area contributed by atoms with Gasteiger partial charge in [-0.3, -0.25) is 4.79 Å². The summed E-state index contributed by atoms with van der Waals surface area (Å²) in [5.41, 5.74) is 1.21. The van der Waals surface area contributed by atoms with Gasteiger partial charge in [0.05, 0.1) is 7.11 Å². The minimum absolute atomic E-state index is 0.339. The Hall–Kier alpha value is -1.81. The Kier molecular flexibility index (Phi) is 5.57. The van der Waals surface area contributed by atoms with Crippen molar-refractivity contribution in [3.63, 3.8) is 0 Å². The largest absolute Gasteiger partial charge is 0.467 e. The second-order valence-corrected chi connectivity index (χ2v) is 4.65. The molecule has 1 N–H and O–H groups in total. The van der Waals surface area contributed by atoms with Gasteiger partial charge >= 0.3 is 5.97 Å². The number of methoxy groups -OCH3 is 1. The van der Waals surface area contributed by atoms with E-state index in [1.54, 1.807) is 31.2 Å². The molecule has 4 nitrogen and oxygen atoms in total. The number of esters is 1. The Bertz CT molecular complexity index is 482. The van der Waals surface area contributed by atoms with Crippen molar-refractivity contribution in [2.24, 2.45) is 0 Å². The zero-order chi connectivity index (χ0) is 14.4. The van der Waals surface area contributed by atoms with Gasteiger partial charge in [0.2, 0.25) is 0 Å². The molecule has 5 heteroatoms. The van der Waals surface area contributed by atoms with Gasteiger partial charge in [-0.15, -0.1) is 6.58 Å². The summed E-state index contributed by atoms with van der Waals surface area (Å²) in [4.78, 5) is 23.5. The van der Waals surface area contributed by atoms with E-state index in [4.69, 9.17) is 11.6 Å². The topological polar surface area (TPSA) is 55.4 Å². The third-order valence-corrected chi connectivity index (χ3v) is 2.70. The van der Waals surface area contributed by atoms with E-state index < -0.39 is 12.0 Å². The number of amides is 1. The van der Waals surface area contributed by atoms with Crippen molar-refractivity contribution in [1.82, 2.24) is 5.32 Å². The fraction of sp³-hybridized carbons (Fsp3) is 0.286. The van der Waals surface area contributed by atoms with Crippen LogP contribution < -0.4 is 5.32 Å². The van der Waals surface area contributed by atoms with Crippen LogP contribution in [0.3, 0.4) is 0 Å². The number of nitrogens with one attached hydrogen (secondary N) is 1. The molecular formula is C14H16ClNO3. The first-order valence-corrected chi connectivity index (χ1v) is 6.10. The molecule has 0 aliphatic rings. The molecule has 0 aliphatic heterocycles. The molecule has 0 spiro atoms. The molecule has 1 atom stereocenters. The Morgan fingerprint density at radius 1 is 1.37 bits per heavy atom. The van der Waals surface area contributed by atoms with E-state index >= 15 is 0 Å². The minimum atomic E-state index is -0.731. The Morgan fingerprint density at radius 2 is 1.95 bits per heavy atom. The maximum absolute atomic E-state index is 12.0. The van der Waals surface area contributed by atoms with Crippen molar-refractivity contribution >= 4 is 23.5 Å². The second-order valence-electron chi connectivity index (χ2n) is 4.22. The zero-order valence-electron chi connectivity index (χ0n) is 10.9. The predicted octanol–water partition coefficient (Wildman–Crippen LogP) is 2.58. The molecule has 0 bridgehead atoms. The Morgan fingerprint density at radius 3 is 2.42 bits per heavy atom. The van der Waals surface area contributed by atoms with E-state index in [0.717, 1.165) is 5.57 Å². The molecule has 0 saturated heterocycles. The highest BCUT2D eigenvalue weighted by molar-refractivity contribution is 6.30. The summed E-state index contributed by atoms with van der Waals surface area (Å²) in [5, 5.41) is 3.16. The van der Waals surface area contributed by atoms with Gasteiger partial charge in [-0.1, -0.05) is 17.2 Å². The molecule has 1 aromatic rings. The Labute approximate surface area is 117 Å². The summed E-state index contributed by atoms with van der Waals surface area (Å²) >= 11 is 5.75. The first-order valence-electron chi connectivity index (χ1n) is 5.72. The van der Waals surface area contributed by atoms with Crippen molar-refractivity contribution in [3.8, 4) is 0 Å². The molecule has 0 saturated carbocycles. The lowest BCUT2D eigenvalue weighted by atomic mass is 10.1. The van der Waals surface area contributed by atoms with Crippen molar-refractivity contribution in [3.05, 3.63) is 47.0 Å². The molecule has 0 fully saturated rings. The highest BCUT2D eigenvalue weighted by atomic mass is 35.5. The molecular weight excluding hydrogens is 266 g/mol. The maximum Gasteiger partial charge on any atom is 0.328 e. The summed E-state index contributed by atoms with van der Waals surface area (Å²) in [5.74, 6) is -0.848. The Balaban J connectivity index is 2.78. The third kappa shape index (κ3) is 4.75. The van der Waals surface area contributed by atoms with E-state index in [1.807, 2.05) is 0 Å². The van der Waals surface area contributed by atoms with Crippen molar-refractivity contribution < 1.29 is 14.3 Å². The number of hydrogen-bond donors (Lipinski definition) is 1. The lowest BCUT2D eigenvalue weighted by Gasteiger charge is -2.16. The number of rotatable bonds is 5. The maximum atomic E-state index is 12.0. The highest BCUT2D eigenvalue weighted by Crippen LogP contribution is 2.10. The summed E-state index contributed by atoms with van der Waals surface area (Å²) < 4.78 is 4.65. The van der Waals surface area contributed by atoms with Crippen LogP contribution in [-0.4, -0.2) is 25.0 Å². The number of carbonyl (C=O) groups excluding carboxylic acids is 2. The van der Waals surface area contributed by atoms with Crippen LogP contribution in [0.2, 0.25) is 5.02 Å². The zero-order valence-corrected chi connectivity index (χ0v) is 11.7. The van der Waals surface area contributed by atoms with Gasteiger partial charge in [-0.05, 0) is 37.6 Å². The fourth-order valence-electron chi connectivity index (χ4n) is 1.53. The predicted molar refractivity (Wildman–Crippen MR) is 74.2 cm³/mol. The first-order chi connectivity index (χ1) is 8.93. The van der Waals surface area contributed by atoms with Crippen LogP contribution >= 0.6 is 11.6 Å². The lowest BCUT2D eigenvalue weighted by molar-refractivity contribution is -0.142. The van der Waals surface area contributed by atoms with Gasteiger partial charge in [0, 0.05) is 10.6 Å². The highest BCUT2D eigenvalue weighted by Gasteiger charge is 2.21. The number of hydrogen-bond acceptors (Lipinski definition) is 3. The van der Waals surface area contributed by atoms with E-state index in [0.29, 0.717) is 17.0 Å². The molecule has 0 aliphatic carbocycles. The van der Waals surface area contributed by atoms with Crippen LogP contribution in [0.4, 0.5) is 0 Å². The second kappa shape index (κ2) is 6.95. The normalized spacial score (nSPS) is 11.5. The summed E-state index contributed by atoms with van der Waals surface area (Å²) in [6, 6.07) is 5.68. The van der Waals surface area contributed by atoms with Crippen LogP contribution in [0.15, 0.2) is 36.4 Å². The molecule has 1 aromatic carbocycles. The minimum Gasteiger partial charge on any atom is -0.467 e. The summed E-state index contributed by atoms with van der Waals surface area (Å²) in [7, 11) is 1.28. The van der Waals surface area contributed by atoms with Crippen molar-refractivity contribution in [2.75, 3.05) is 7.11 Å². The van der Waals surface area contributed by atoms with Crippen molar-refractivity contribution in [2.45, 2.75) is 19.4 Å². The van der Waals surface area contributed by atoms with E-state index in [2.05, 4.69) is 16.6 Å². The molecule has 0 radical (unpaired) electrons. The monoisotopic (exact) mass is 281 g/mol. The third-order valence-electron chi connectivity index (χ3n) is 2.45. The van der Waals surface area contributed by atoms with Crippen molar-refractivity contribution in [1.29, 1.82) is 0 Å². The molecule has 0 unspecified atom stereocenters. The number of benzene rings is 1. The molecule has 0 aromatic heterocycles. The number of carbonyl (C=O) groups is 2. The van der Waals surface area contributed by atoms with E-state index in [1.165, 1.54) is 7.11 Å². The van der Waals surface area contributed by atoms with Gasteiger partial charge in [-0.2, -0.15) is 0 Å². The molecule has 1 amide bonds. The van der Waals surface area contributed by atoms with Gasteiger partial charge < -0.3 is 10.1 Å². The van der Waals surface area contributed by atoms with Gasteiger partial charge in [0.1, 0.15) is 6.04 Å². The average molecular weight is 282 g/mol. The summed E-state index contributed by atoms with van der Waals surface area (Å²) in [6.45, 7) is 5.51. The lowest BCUT2D eigenvalue weighted by Crippen LogP contribution is -2.41. The van der Waals surface area contributed by atoms with Gasteiger partial charge in [0.25, 0.3) is 5.91 Å². The van der Waals surface area contributed by atoms with Gasteiger partial charge in [0.15, 0.2) is 0 Å². The van der Waals surface area contributed by atoms with Crippen LogP contribution in [0.5, 0.6) is 0 Å². The first kappa shape index (κ1) is 15.2. The quantitative estimate of drug-likeness (QED) is 0.667. The smallest absolute Gasteiger partial charge is 0.328 e. The molecule has 0 heterocycles. The fourth-order valence-corrected chi connectivity index (χ4v) is 1.65. The van der Waals surface area contributed by atoms with E-state index in [9.17, 15) is 9.59 Å². The SMILES string of the molecule is C=C(C)C[C@H](NC(=O)c1ccc(Cl)cc1)C(=O)OC. The van der Waals surface area contributed by atoms with Crippen LogP contribution in [0, 0.1) is 0 Å². The molecule has 19 heavy (non-hydrogen) atoms. The van der Waals surface area contributed by atoms with Gasteiger partial charge in [-0.25, -0.2) is 4.79 Å². The number of ether oxygens (including phenoxy) is 1. The van der Waals surface area contributed by atoms with Crippen LogP contribution in [0.25, 0.3) is 0 Å².